The molecule has 1 N–H and O–H groups in total. The van der Waals surface area contributed by atoms with Crippen molar-refractivity contribution in [2.45, 2.75) is 13.3 Å². The van der Waals surface area contributed by atoms with Gasteiger partial charge in [0.15, 0.2) is 0 Å². The largest absolute Gasteiger partial charge is 0.495 e. The number of benzene rings is 1. The lowest BCUT2D eigenvalue weighted by Crippen LogP contribution is -2.01. The van der Waals surface area contributed by atoms with E-state index >= 15 is 0 Å². The van der Waals surface area contributed by atoms with Gasteiger partial charge in [-0.1, -0.05) is 6.07 Å². The maximum atomic E-state index is 10.5. The first-order valence-electron chi connectivity index (χ1n) is 4.09. The van der Waals surface area contributed by atoms with Gasteiger partial charge in [0.05, 0.1) is 18.0 Å². The summed E-state index contributed by atoms with van der Waals surface area (Å²) >= 11 is 3.33. The van der Waals surface area contributed by atoms with Crippen LogP contribution in [0.25, 0.3) is 0 Å². The second-order valence-electron chi connectivity index (χ2n) is 3.00. The predicted octanol–water partition coefficient (Wildman–Crippen LogP) is 2.39. The van der Waals surface area contributed by atoms with Crippen LogP contribution in [0.5, 0.6) is 5.75 Å². The second-order valence-corrected chi connectivity index (χ2v) is 3.85. The Bertz CT molecular complexity index is 337. The Morgan fingerprint density at radius 3 is 2.64 bits per heavy atom. The molecule has 0 bridgehead atoms. The molecular formula is C10H11BrO3. The van der Waals surface area contributed by atoms with Gasteiger partial charge in [-0.05, 0) is 40.0 Å². The number of carboxylic acid groups (broad SMARTS) is 1. The number of methoxy groups -OCH3 is 1. The molecule has 4 heteroatoms. The molecule has 0 radical (unpaired) electrons. The van der Waals surface area contributed by atoms with E-state index in [1.807, 2.05) is 13.0 Å². The molecule has 0 saturated heterocycles. The third kappa shape index (κ3) is 2.48. The SMILES string of the molecule is COc1c(C)cc(CC(=O)O)cc1Br. The molecule has 0 aliphatic rings. The summed E-state index contributed by atoms with van der Waals surface area (Å²) in [4.78, 5) is 10.5. The van der Waals surface area contributed by atoms with Gasteiger partial charge in [0.25, 0.3) is 0 Å². The molecule has 0 aliphatic carbocycles. The lowest BCUT2D eigenvalue weighted by molar-refractivity contribution is -0.136. The molecule has 76 valence electrons. The molecule has 0 atom stereocenters. The third-order valence-corrected chi connectivity index (χ3v) is 2.44. The molecular weight excluding hydrogens is 248 g/mol. The van der Waals surface area contributed by atoms with E-state index in [9.17, 15) is 4.79 Å². The minimum Gasteiger partial charge on any atom is -0.495 e. The summed E-state index contributed by atoms with van der Waals surface area (Å²) in [5.41, 5.74) is 1.70. The number of carbonyl (C=O) groups is 1. The molecule has 0 amide bonds. The number of rotatable bonds is 3. The zero-order valence-electron chi connectivity index (χ0n) is 8.00. The van der Waals surface area contributed by atoms with E-state index in [4.69, 9.17) is 9.84 Å². The number of hydrogen-bond donors (Lipinski definition) is 1. The van der Waals surface area contributed by atoms with Crippen molar-refractivity contribution in [3.05, 3.63) is 27.7 Å². The molecule has 14 heavy (non-hydrogen) atoms. The Balaban J connectivity index is 3.07. The summed E-state index contributed by atoms with van der Waals surface area (Å²) in [6.07, 6.45) is 0.0312. The molecule has 0 aromatic heterocycles. The maximum Gasteiger partial charge on any atom is 0.307 e. The first-order chi connectivity index (χ1) is 6.54. The number of hydrogen-bond acceptors (Lipinski definition) is 2. The van der Waals surface area contributed by atoms with Crippen LogP contribution in [-0.2, 0) is 11.2 Å². The molecule has 0 spiro atoms. The molecule has 0 aliphatic heterocycles. The van der Waals surface area contributed by atoms with Crippen molar-refractivity contribution in [1.29, 1.82) is 0 Å². The average molecular weight is 259 g/mol. The number of ether oxygens (including phenoxy) is 1. The van der Waals surface area contributed by atoms with Gasteiger partial charge < -0.3 is 9.84 Å². The number of aryl methyl sites for hydroxylation is 1. The van der Waals surface area contributed by atoms with Crippen molar-refractivity contribution in [2.75, 3.05) is 7.11 Å². The van der Waals surface area contributed by atoms with Crippen LogP contribution in [0.4, 0.5) is 0 Å². The summed E-state index contributed by atoms with van der Waals surface area (Å²) < 4.78 is 5.93. The number of halogens is 1. The van der Waals surface area contributed by atoms with Gasteiger partial charge in [0.1, 0.15) is 5.75 Å². The highest BCUT2D eigenvalue weighted by atomic mass is 79.9. The average Bonchev–Trinajstić information content (AvgIpc) is 2.01. The first-order valence-corrected chi connectivity index (χ1v) is 4.88. The van der Waals surface area contributed by atoms with E-state index in [1.165, 1.54) is 0 Å². The molecule has 3 nitrogen and oxygen atoms in total. The topological polar surface area (TPSA) is 46.5 Å². The van der Waals surface area contributed by atoms with E-state index in [0.717, 1.165) is 21.3 Å². The van der Waals surface area contributed by atoms with Gasteiger partial charge in [-0.15, -0.1) is 0 Å². The van der Waals surface area contributed by atoms with Gasteiger partial charge >= 0.3 is 5.97 Å². The van der Waals surface area contributed by atoms with E-state index in [2.05, 4.69) is 15.9 Å². The van der Waals surface area contributed by atoms with Gasteiger partial charge in [0, 0.05) is 0 Å². The van der Waals surface area contributed by atoms with Crippen molar-refractivity contribution in [3.8, 4) is 5.75 Å². The number of aliphatic carboxylic acids is 1. The minimum absolute atomic E-state index is 0.0312. The summed E-state index contributed by atoms with van der Waals surface area (Å²) in [5.74, 6) is -0.0828. The fourth-order valence-electron chi connectivity index (χ4n) is 1.34. The highest BCUT2D eigenvalue weighted by molar-refractivity contribution is 9.10. The third-order valence-electron chi connectivity index (χ3n) is 1.85. The lowest BCUT2D eigenvalue weighted by atomic mass is 10.1. The molecule has 0 heterocycles. The minimum atomic E-state index is -0.832. The molecule has 1 rings (SSSR count). The maximum absolute atomic E-state index is 10.5. The van der Waals surface area contributed by atoms with Crippen molar-refractivity contribution in [1.82, 2.24) is 0 Å². The van der Waals surface area contributed by atoms with Crippen LogP contribution >= 0.6 is 15.9 Å². The summed E-state index contributed by atoms with van der Waals surface area (Å²) in [7, 11) is 1.59. The van der Waals surface area contributed by atoms with Gasteiger partial charge in [-0.3, -0.25) is 4.79 Å². The van der Waals surface area contributed by atoms with E-state index in [-0.39, 0.29) is 6.42 Å². The van der Waals surface area contributed by atoms with Crippen molar-refractivity contribution in [2.24, 2.45) is 0 Å². The van der Waals surface area contributed by atoms with Gasteiger partial charge in [-0.25, -0.2) is 0 Å². The fourth-order valence-corrected chi connectivity index (χ4v) is 2.11. The monoisotopic (exact) mass is 258 g/mol. The Morgan fingerprint density at radius 2 is 2.21 bits per heavy atom. The van der Waals surface area contributed by atoms with Crippen LogP contribution in [0.15, 0.2) is 16.6 Å². The Kier molecular flexibility index (Phi) is 3.52. The quantitative estimate of drug-likeness (QED) is 0.906. The normalized spacial score (nSPS) is 9.93. The molecule has 1 aromatic carbocycles. The summed E-state index contributed by atoms with van der Waals surface area (Å²) in [6, 6.07) is 3.58. The van der Waals surface area contributed by atoms with Crippen molar-refractivity contribution < 1.29 is 14.6 Å². The van der Waals surface area contributed by atoms with Crippen LogP contribution in [0.1, 0.15) is 11.1 Å². The Labute approximate surface area is 90.8 Å². The predicted molar refractivity (Wildman–Crippen MR) is 56.8 cm³/mol. The van der Waals surface area contributed by atoms with E-state index in [1.54, 1.807) is 13.2 Å². The van der Waals surface area contributed by atoms with Crippen LogP contribution in [0, 0.1) is 6.92 Å². The van der Waals surface area contributed by atoms with Gasteiger partial charge in [-0.2, -0.15) is 0 Å². The molecule has 0 fully saturated rings. The van der Waals surface area contributed by atoms with E-state index in [0.29, 0.717) is 0 Å². The van der Waals surface area contributed by atoms with E-state index < -0.39 is 5.97 Å². The highest BCUT2D eigenvalue weighted by Crippen LogP contribution is 2.29. The fraction of sp³-hybridized carbons (Fsp3) is 0.300. The Morgan fingerprint density at radius 1 is 1.57 bits per heavy atom. The number of carboxylic acids is 1. The van der Waals surface area contributed by atoms with Crippen LogP contribution < -0.4 is 4.74 Å². The van der Waals surface area contributed by atoms with Crippen molar-refractivity contribution >= 4 is 21.9 Å². The zero-order valence-corrected chi connectivity index (χ0v) is 9.59. The zero-order chi connectivity index (χ0) is 10.7. The van der Waals surface area contributed by atoms with Crippen LogP contribution in [0.3, 0.4) is 0 Å². The van der Waals surface area contributed by atoms with Crippen molar-refractivity contribution in [3.63, 3.8) is 0 Å². The van der Waals surface area contributed by atoms with Crippen LogP contribution in [0.2, 0.25) is 0 Å². The lowest BCUT2D eigenvalue weighted by Gasteiger charge is -2.08. The van der Waals surface area contributed by atoms with Crippen LogP contribution in [-0.4, -0.2) is 18.2 Å². The summed E-state index contributed by atoms with van der Waals surface area (Å²) in [6.45, 7) is 1.88. The first kappa shape index (κ1) is 11.0. The molecule has 1 aromatic rings. The standard InChI is InChI=1S/C10H11BrO3/c1-6-3-7(5-9(12)13)4-8(11)10(6)14-2/h3-4H,5H2,1-2H3,(H,12,13). The second kappa shape index (κ2) is 4.46. The van der Waals surface area contributed by atoms with Gasteiger partial charge in [0.2, 0.25) is 0 Å². The summed E-state index contributed by atoms with van der Waals surface area (Å²) in [5, 5.41) is 8.63. The highest BCUT2D eigenvalue weighted by Gasteiger charge is 2.08. The smallest absolute Gasteiger partial charge is 0.307 e. The molecule has 0 unspecified atom stereocenters. The molecule has 0 saturated carbocycles. The Hall–Kier alpha value is -1.03.